The topological polar surface area (TPSA) is 84.7 Å². The molecule has 1 aromatic carbocycles. The summed E-state index contributed by atoms with van der Waals surface area (Å²) in [7, 11) is 0. The predicted molar refractivity (Wildman–Crippen MR) is 119 cm³/mol. The average molecular weight is 438 g/mol. The molecule has 3 N–H and O–H groups in total. The Morgan fingerprint density at radius 2 is 1.83 bits per heavy atom. The summed E-state index contributed by atoms with van der Waals surface area (Å²) in [4.78, 5) is 28.2. The van der Waals surface area contributed by atoms with Crippen molar-refractivity contribution in [2.45, 2.75) is 52.8 Å². The zero-order valence-electron chi connectivity index (χ0n) is 17.2. The van der Waals surface area contributed by atoms with E-state index in [2.05, 4.69) is 24.1 Å². The smallest absolute Gasteiger partial charge is 0.256 e. The lowest BCUT2D eigenvalue weighted by atomic mass is 10.0. The molecule has 0 unspecified atom stereocenters. The van der Waals surface area contributed by atoms with Gasteiger partial charge < -0.3 is 15.8 Å². The summed E-state index contributed by atoms with van der Waals surface area (Å²) < 4.78 is 5.61. The minimum absolute atomic E-state index is 0. The van der Waals surface area contributed by atoms with Crippen LogP contribution in [0.15, 0.2) is 24.3 Å². The Kier molecular flexibility index (Phi) is 7.68. The maximum Gasteiger partial charge on any atom is 0.256 e. The number of amides is 2. The van der Waals surface area contributed by atoms with Crippen molar-refractivity contribution in [3.63, 3.8) is 0 Å². The SMILES string of the molecule is CC(C)Oc1ccc(C(=O)Nc2sc3c(c2C(N)=O)CCN(C(C)C)C3)cc1.Cl. The Morgan fingerprint density at radius 3 is 2.38 bits per heavy atom. The number of benzene rings is 1. The van der Waals surface area contributed by atoms with E-state index in [0.29, 0.717) is 27.9 Å². The summed E-state index contributed by atoms with van der Waals surface area (Å²) in [5, 5.41) is 3.43. The molecule has 1 aliphatic rings. The molecule has 8 heteroatoms. The molecule has 0 aliphatic carbocycles. The maximum absolute atomic E-state index is 12.7. The van der Waals surface area contributed by atoms with Crippen molar-refractivity contribution in [1.82, 2.24) is 4.90 Å². The fourth-order valence-corrected chi connectivity index (χ4v) is 4.62. The molecule has 6 nitrogen and oxygen atoms in total. The number of halogens is 1. The number of hydrogen-bond acceptors (Lipinski definition) is 5. The highest BCUT2D eigenvalue weighted by molar-refractivity contribution is 7.17. The number of primary amides is 1. The molecular weight excluding hydrogens is 410 g/mol. The molecule has 0 atom stereocenters. The van der Waals surface area contributed by atoms with Crippen molar-refractivity contribution in [3.8, 4) is 5.75 Å². The lowest BCUT2D eigenvalue weighted by Gasteiger charge is -2.30. The van der Waals surface area contributed by atoms with Gasteiger partial charge in [0.1, 0.15) is 10.8 Å². The van der Waals surface area contributed by atoms with Gasteiger partial charge in [0.05, 0.1) is 11.7 Å². The van der Waals surface area contributed by atoms with Crippen LogP contribution in [0.4, 0.5) is 5.00 Å². The summed E-state index contributed by atoms with van der Waals surface area (Å²) in [5.41, 5.74) is 7.58. The van der Waals surface area contributed by atoms with Gasteiger partial charge in [-0.3, -0.25) is 14.5 Å². The number of carbonyl (C=O) groups is 2. The lowest BCUT2D eigenvalue weighted by Crippen LogP contribution is -2.35. The first kappa shape index (κ1) is 23.2. The van der Waals surface area contributed by atoms with Gasteiger partial charge in [0, 0.05) is 29.6 Å². The molecule has 3 rings (SSSR count). The summed E-state index contributed by atoms with van der Waals surface area (Å²) in [5.74, 6) is -0.0471. The fourth-order valence-electron chi connectivity index (χ4n) is 3.35. The summed E-state index contributed by atoms with van der Waals surface area (Å²) >= 11 is 1.45. The molecule has 158 valence electrons. The van der Waals surface area contributed by atoms with Gasteiger partial charge in [0.25, 0.3) is 11.8 Å². The molecule has 0 saturated heterocycles. The number of rotatable bonds is 6. The monoisotopic (exact) mass is 437 g/mol. The standard InChI is InChI=1S/C21H27N3O3S.ClH/c1-12(2)24-10-9-16-17(11-24)28-21(18(16)19(22)25)23-20(26)14-5-7-15(8-6-14)27-13(3)4;/h5-8,12-13H,9-11H2,1-4H3,(H2,22,25)(H,23,26);1H. The third kappa shape index (κ3) is 5.29. The van der Waals surface area contributed by atoms with E-state index in [-0.39, 0.29) is 24.4 Å². The zero-order chi connectivity index (χ0) is 20.4. The Labute approximate surface area is 181 Å². The number of ether oxygens (including phenoxy) is 1. The zero-order valence-corrected chi connectivity index (χ0v) is 18.8. The summed E-state index contributed by atoms with van der Waals surface area (Å²) in [6.07, 6.45) is 0.833. The van der Waals surface area contributed by atoms with Crippen molar-refractivity contribution in [1.29, 1.82) is 0 Å². The molecule has 0 saturated carbocycles. The largest absolute Gasteiger partial charge is 0.491 e. The molecule has 0 fully saturated rings. The minimum atomic E-state index is -0.494. The Balaban J connectivity index is 0.00000300. The number of fused-ring (bicyclic) bond motifs is 1. The maximum atomic E-state index is 12.7. The molecule has 0 spiro atoms. The van der Waals surface area contributed by atoms with E-state index in [9.17, 15) is 9.59 Å². The third-order valence-corrected chi connectivity index (χ3v) is 5.91. The normalized spacial score (nSPS) is 13.7. The van der Waals surface area contributed by atoms with E-state index in [1.165, 1.54) is 11.3 Å². The number of anilines is 1. The molecule has 0 radical (unpaired) electrons. The first-order valence-electron chi connectivity index (χ1n) is 9.52. The van der Waals surface area contributed by atoms with Crippen LogP contribution in [-0.4, -0.2) is 35.4 Å². The van der Waals surface area contributed by atoms with Crippen LogP contribution in [0.2, 0.25) is 0 Å². The molecule has 2 amide bonds. The van der Waals surface area contributed by atoms with Gasteiger partial charge >= 0.3 is 0 Å². The van der Waals surface area contributed by atoms with E-state index in [1.54, 1.807) is 24.3 Å². The molecule has 1 aromatic heterocycles. The number of nitrogens with zero attached hydrogens (tertiary/aromatic N) is 1. The fraction of sp³-hybridized carbons (Fsp3) is 0.429. The van der Waals surface area contributed by atoms with E-state index in [1.807, 2.05) is 13.8 Å². The number of thiophene rings is 1. The van der Waals surface area contributed by atoms with Gasteiger partial charge in [0.15, 0.2) is 0 Å². The van der Waals surface area contributed by atoms with E-state index in [0.717, 1.165) is 30.0 Å². The van der Waals surface area contributed by atoms with Crippen molar-refractivity contribution in [3.05, 3.63) is 45.8 Å². The number of nitrogens with two attached hydrogens (primary N) is 1. The highest BCUT2D eigenvalue weighted by atomic mass is 35.5. The van der Waals surface area contributed by atoms with Crippen molar-refractivity contribution in [2.75, 3.05) is 11.9 Å². The quantitative estimate of drug-likeness (QED) is 0.713. The van der Waals surface area contributed by atoms with Gasteiger partial charge in [0.2, 0.25) is 0 Å². The van der Waals surface area contributed by atoms with Crippen LogP contribution in [0, 0.1) is 0 Å². The van der Waals surface area contributed by atoms with E-state index < -0.39 is 5.91 Å². The summed E-state index contributed by atoms with van der Waals surface area (Å²) in [6.45, 7) is 9.86. The molecular formula is C21H28ClN3O3S. The molecule has 1 aliphatic heterocycles. The predicted octanol–water partition coefficient (Wildman–Crippen LogP) is 4.07. The van der Waals surface area contributed by atoms with Gasteiger partial charge in [-0.25, -0.2) is 0 Å². The van der Waals surface area contributed by atoms with Crippen LogP contribution in [0.3, 0.4) is 0 Å². The van der Waals surface area contributed by atoms with Crippen LogP contribution < -0.4 is 15.8 Å². The van der Waals surface area contributed by atoms with Crippen molar-refractivity contribution >= 4 is 40.6 Å². The Bertz CT molecular complexity index is 878. The van der Waals surface area contributed by atoms with E-state index >= 15 is 0 Å². The molecule has 29 heavy (non-hydrogen) atoms. The highest BCUT2D eigenvalue weighted by Crippen LogP contribution is 2.37. The first-order chi connectivity index (χ1) is 13.3. The lowest BCUT2D eigenvalue weighted by molar-refractivity contribution is 0.0999. The second-order valence-electron chi connectivity index (χ2n) is 7.53. The van der Waals surface area contributed by atoms with Crippen LogP contribution in [0.1, 0.15) is 58.9 Å². The first-order valence-corrected chi connectivity index (χ1v) is 10.3. The van der Waals surface area contributed by atoms with Crippen LogP contribution in [0.5, 0.6) is 5.75 Å². The van der Waals surface area contributed by atoms with Gasteiger partial charge in [-0.2, -0.15) is 0 Å². The molecule has 2 aromatic rings. The van der Waals surface area contributed by atoms with Gasteiger partial charge in [-0.05, 0) is 63.9 Å². The second-order valence-corrected chi connectivity index (χ2v) is 8.64. The summed E-state index contributed by atoms with van der Waals surface area (Å²) in [6, 6.07) is 7.39. The Morgan fingerprint density at radius 1 is 1.17 bits per heavy atom. The van der Waals surface area contributed by atoms with Crippen molar-refractivity contribution in [2.24, 2.45) is 5.73 Å². The number of hydrogen-bond donors (Lipinski definition) is 2. The minimum Gasteiger partial charge on any atom is -0.491 e. The van der Waals surface area contributed by atoms with Crippen LogP contribution >= 0.6 is 23.7 Å². The highest BCUT2D eigenvalue weighted by Gasteiger charge is 2.28. The van der Waals surface area contributed by atoms with Crippen LogP contribution in [0.25, 0.3) is 0 Å². The Hall–Kier alpha value is -2.09. The number of nitrogens with one attached hydrogen (secondary N) is 1. The van der Waals surface area contributed by atoms with Crippen molar-refractivity contribution < 1.29 is 14.3 Å². The average Bonchev–Trinajstić information content (AvgIpc) is 2.98. The molecule has 2 heterocycles. The number of carbonyl (C=O) groups excluding carboxylic acids is 2. The molecule has 0 bridgehead atoms. The third-order valence-electron chi connectivity index (χ3n) is 4.78. The van der Waals surface area contributed by atoms with Gasteiger partial charge in [-0.15, -0.1) is 23.7 Å². The van der Waals surface area contributed by atoms with Gasteiger partial charge in [-0.1, -0.05) is 0 Å². The second kappa shape index (κ2) is 9.61. The van der Waals surface area contributed by atoms with E-state index in [4.69, 9.17) is 10.5 Å². The van der Waals surface area contributed by atoms with Crippen LogP contribution in [-0.2, 0) is 13.0 Å².